The molecule has 0 aliphatic carbocycles. The Morgan fingerprint density at radius 1 is 1.02 bits per heavy atom. The molecule has 9 nitrogen and oxygen atoms in total. The molecular formula is C29H26ClN3O6S2. The zero-order valence-electron chi connectivity index (χ0n) is 22.1. The molecule has 12 heteroatoms. The predicted octanol–water partition coefficient (Wildman–Crippen LogP) is 5.98. The van der Waals surface area contributed by atoms with Crippen LogP contribution < -0.4 is 20.7 Å². The number of imide groups is 1. The van der Waals surface area contributed by atoms with Crippen molar-refractivity contribution in [3.63, 3.8) is 0 Å². The molecule has 1 aliphatic heterocycles. The van der Waals surface area contributed by atoms with Crippen molar-refractivity contribution in [3.8, 4) is 17.6 Å². The van der Waals surface area contributed by atoms with Crippen LogP contribution in [0.2, 0.25) is 5.02 Å². The molecule has 1 atom stereocenters. The van der Waals surface area contributed by atoms with Crippen LogP contribution in [0.4, 0.5) is 21.0 Å². The van der Waals surface area contributed by atoms with Gasteiger partial charge in [-0.1, -0.05) is 29.5 Å². The van der Waals surface area contributed by atoms with E-state index >= 15 is 0 Å². The second-order valence-electron chi connectivity index (χ2n) is 9.05. The molecule has 0 bridgehead atoms. The molecule has 0 radical (unpaired) electrons. The zero-order chi connectivity index (χ0) is 29.6. The van der Waals surface area contributed by atoms with Gasteiger partial charge in [0.05, 0.1) is 12.0 Å². The van der Waals surface area contributed by atoms with Crippen molar-refractivity contribution in [3.05, 3.63) is 82.9 Å². The van der Waals surface area contributed by atoms with E-state index in [1.807, 2.05) is 13.0 Å². The highest BCUT2D eigenvalue weighted by atomic mass is 35.5. The summed E-state index contributed by atoms with van der Waals surface area (Å²) in [5.74, 6) is 5.67. The number of unbranched alkanes of at least 4 members (excludes halogenated alkanes) is 1. The van der Waals surface area contributed by atoms with Crippen LogP contribution in [-0.4, -0.2) is 36.8 Å². The van der Waals surface area contributed by atoms with Crippen molar-refractivity contribution in [2.75, 3.05) is 17.7 Å². The first kappa shape index (κ1) is 30.0. The average molecular weight is 612 g/mol. The van der Waals surface area contributed by atoms with E-state index in [-0.39, 0.29) is 24.2 Å². The average Bonchev–Trinajstić information content (AvgIpc) is 3.25. The van der Waals surface area contributed by atoms with Gasteiger partial charge in [0.1, 0.15) is 5.75 Å². The minimum absolute atomic E-state index is 0.0817. The maximum absolute atomic E-state index is 13.5. The van der Waals surface area contributed by atoms with Gasteiger partial charge in [-0.25, -0.2) is 13.2 Å². The monoisotopic (exact) mass is 611 g/mol. The molecule has 3 aromatic rings. The van der Waals surface area contributed by atoms with Gasteiger partial charge in [0.2, 0.25) is 13.9 Å². The topological polar surface area (TPSA) is 131 Å². The molecule has 3 N–H and O–H groups in total. The molecule has 0 saturated carbocycles. The quantitative estimate of drug-likeness (QED) is 0.211. The number of urea groups is 1. The third-order valence-electron chi connectivity index (χ3n) is 6.25. The lowest BCUT2D eigenvalue weighted by molar-refractivity contribution is -0.120. The van der Waals surface area contributed by atoms with E-state index in [0.717, 1.165) is 5.56 Å². The second kappa shape index (κ2) is 12.7. The van der Waals surface area contributed by atoms with E-state index in [1.165, 1.54) is 31.4 Å². The van der Waals surface area contributed by atoms with Crippen molar-refractivity contribution in [2.24, 2.45) is 0 Å². The number of carbonyl (C=O) groups is 3. The molecule has 41 heavy (non-hydrogen) atoms. The molecule has 1 aliphatic rings. The highest BCUT2D eigenvalue weighted by molar-refractivity contribution is 8.25. The number of methoxy groups -OCH3 is 1. The van der Waals surface area contributed by atoms with Gasteiger partial charge in [-0.15, -0.1) is 0 Å². The number of sulfone groups is 1. The van der Waals surface area contributed by atoms with Gasteiger partial charge >= 0.3 is 6.03 Å². The molecule has 212 valence electrons. The number of hydrogen-bond donors (Lipinski definition) is 3. The zero-order valence-corrected chi connectivity index (χ0v) is 24.5. The molecule has 1 unspecified atom stereocenters. The van der Waals surface area contributed by atoms with E-state index in [0.29, 0.717) is 39.5 Å². The summed E-state index contributed by atoms with van der Waals surface area (Å²) in [6.07, 6.45) is 0.413. The van der Waals surface area contributed by atoms with Crippen LogP contribution in [0, 0.1) is 18.8 Å². The highest BCUT2D eigenvalue weighted by Crippen LogP contribution is 2.44. The first-order valence-corrected chi connectivity index (χ1v) is 15.1. The third kappa shape index (κ3) is 6.85. The van der Waals surface area contributed by atoms with E-state index in [1.54, 1.807) is 36.4 Å². The summed E-state index contributed by atoms with van der Waals surface area (Å²) < 4.78 is 30.2. The molecule has 1 heterocycles. The number of nitrogens with one attached hydrogen (secondary N) is 3. The standard InChI is InChI=1S/C29H26ClN3O6S2/c1-19-7-10-23(32-27(35)31-22-11-8-21(30)9-12-22)18-20(19)6-4-3-5-17-29(26(34)33-28(36)40-29)41(37,38)25-15-13-24(39-2)14-16-25/h7-16,18H,3,5,17H2,1-2H3,(H2,31,32,35)(H,33,34,36). The van der Waals surface area contributed by atoms with Crippen LogP contribution in [0.5, 0.6) is 5.75 Å². The number of ether oxygens (including phenoxy) is 1. The fourth-order valence-electron chi connectivity index (χ4n) is 4.06. The number of rotatable bonds is 8. The normalized spacial score (nSPS) is 16.4. The Morgan fingerprint density at radius 2 is 1.68 bits per heavy atom. The van der Waals surface area contributed by atoms with E-state index in [4.69, 9.17) is 16.3 Å². The Balaban J connectivity index is 1.43. The number of anilines is 2. The number of carbonyl (C=O) groups excluding carboxylic acids is 3. The number of aryl methyl sites for hydroxylation is 1. The lowest BCUT2D eigenvalue weighted by Crippen LogP contribution is -2.43. The molecule has 1 saturated heterocycles. The molecule has 4 amide bonds. The van der Waals surface area contributed by atoms with Gasteiger partial charge in [0.15, 0.2) is 0 Å². The lowest BCUT2D eigenvalue weighted by Gasteiger charge is -2.24. The van der Waals surface area contributed by atoms with Crippen molar-refractivity contribution < 1.29 is 27.5 Å². The number of hydrogen-bond acceptors (Lipinski definition) is 7. The molecule has 1 fully saturated rings. The Kier molecular flexibility index (Phi) is 9.28. The van der Waals surface area contributed by atoms with Gasteiger partial charge in [0, 0.05) is 28.4 Å². The van der Waals surface area contributed by atoms with Crippen LogP contribution in [0.3, 0.4) is 0 Å². The first-order valence-electron chi connectivity index (χ1n) is 12.4. The highest BCUT2D eigenvalue weighted by Gasteiger charge is 2.57. The van der Waals surface area contributed by atoms with Crippen molar-refractivity contribution in [1.82, 2.24) is 5.32 Å². The van der Waals surface area contributed by atoms with E-state index in [9.17, 15) is 22.8 Å². The molecule has 4 rings (SSSR count). The summed E-state index contributed by atoms with van der Waals surface area (Å²) >= 11 is 6.35. The summed E-state index contributed by atoms with van der Waals surface area (Å²) in [7, 11) is -2.76. The SMILES string of the molecule is COc1ccc(S(=O)(=O)C2(CCCC#Cc3cc(NC(=O)Nc4ccc(Cl)cc4)ccc3C)SC(=O)NC2=O)cc1. The molecule has 3 aromatic carbocycles. The maximum atomic E-state index is 13.5. The second-order valence-corrected chi connectivity index (χ2v) is 13.2. The summed E-state index contributed by atoms with van der Waals surface area (Å²) in [5.41, 5.74) is 2.68. The smallest absolute Gasteiger partial charge is 0.323 e. The molecule has 0 spiro atoms. The van der Waals surface area contributed by atoms with Gasteiger partial charge in [-0.05, 0) is 97.8 Å². The van der Waals surface area contributed by atoms with E-state index < -0.39 is 31.1 Å². The summed E-state index contributed by atoms with van der Waals surface area (Å²) in [6.45, 7) is 1.88. The molecule has 0 aromatic heterocycles. The summed E-state index contributed by atoms with van der Waals surface area (Å²) in [5, 5.41) is 7.45. The minimum atomic E-state index is -4.22. The van der Waals surface area contributed by atoms with Gasteiger partial charge in [-0.2, -0.15) is 0 Å². The Morgan fingerprint density at radius 3 is 2.32 bits per heavy atom. The first-order chi connectivity index (χ1) is 19.5. The third-order valence-corrected chi connectivity index (χ3v) is 10.6. The van der Waals surface area contributed by atoms with Crippen LogP contribution in [0.15, 0.2) is 71.6 Å². The minimum Gasteiger partial charge on any atom is -0.497 e. The predicted molar refractivity (Wildman–Crippen MR) is 160 cm³/mol. The Hall–Kier alpha value is -3.98. The van der Waals surface area contributed by atoms with Crippen molar-refractivity contribution in [2.45, 2.75) is 35.2 Å². The maximum Gasteiger partial charge on any atom is 0.323 e. The van der Waals surface area contributed by atoms with Gasteiger partial charge < -0.3 is 15.4 Å². The fraction of sp³-hybridized carbons (Fsp3) is 0.207. The Bertz CT molecular complexity index is 1650. The van der Waals surface area contributed by atoms with Gasteiger partial charge in [-0.3, -0.25) is 14.9 Å². The number of benzene rings is 3. The fourth-order valence-corrected chi connectivity index (χ4v) is 7.56. The van der Waals surface area contributed by atoms with Crippen LogP contribution in [-0.2, 0) is 14.6 Å². The summed E-state index contributed by atoms with van der Waals surface area (Å²) in [6, 6.07) is 17.3. The summed E-state index contributed by atoms with van der Waals surface area (Å²) in [4.78, 5) is 37.2. The van der Waals surface area contributed by atoms with E-state index in [2.05, 4.69) is 27.8 Å². The van der Waals surface area contributed by atoms with Crippen LogP contribution in [0.25, 0.3) is 0 Å². The largest absolute Gasteiger partial charge is 0.497 e. The number of amides is 4. The van der Waals surface area contributed by atoms with Crippen molar-refractivity contribution in [1.29, 1.82) is 0 Å². The van der Waals surface area contributed by atoms with Crippen LogP contribution in [0.1, 0.15) is 30.4 Å². The van der Waals surface area contributed by atoms with Crippen molar-refractivity contribution >= 4 is 61.8 Å². The lowest BCUT2D eigenvalue weighted by atomic mass is 10.1. The number of thioether (sulfide) groups is 1. The van der Waals surface area contributed by atoms with Gasteiger partial charge in [0.25, 0.3) is 11.1 Å². The molecular weight excluding hydrogens is 586 g/mol. The number of halogens is 1. The van der Waals surface area contributed by atoms with Crippen LogP contribution >= 0.6 is 23.4 Å². The Labute approximate surface area is 247 Å².